The Morgan fingerprint density at radius 3 is 2.10 bits per heavy atom. The van der Waals surface area contributed by atoms with Crippen molar-refractivity contribution in [2.24, 2.45) is 11.7 Å². The Morgan fingerprint density at radius 1 is 0.900 bits per heavy atom. The van der Waals surface area contributed by atoms with E-state index in [-0.39, 0.29) is 30.1 Å². The molecule has 0 aromatic heterocycles. The molecular formula is C24H30ClN3O2. The van der Waals surface area contributed by atoms with Crippen LogP contribution in [0.2, 0.25) is 0 Å². The molecule has 2 aromatic rings. The summed E-state index contributed by atoms with van der Waals surface area (Å²) < 4.78 is 0. The van der Waals surface area contributed by atoms with Gasteiger partial charge in [-0.3, -0.25) is 9.59 Å². The van der Waals surface area contributed by atoms with Crippen LogP contribution in [-0.4, -0.2) is 40.7 Å². The van der Waals surface area contributed by atoms with Gasteiger partial charge in [-0.15, -0.1) is 12.4 Å². The Hall–Kier alpha value is -2.37. The highest BCUT2D eigenvalue weighted by atomic mass is 35.5. The normalized spacial score (nSPS) is 16.6. The Labute approximate surface area is 184 Å². The summed E-state index contributed by atoms with van der Waals surface area (Å²) in [5.41, 5.74) is 8.52. The van der Waals surface area contributed by atoms with Gasteiger partial charge in [-0.25, -0.2) is 0 Å². The van der Waals surface area contributed by atoms with Gasteiger partial charge in [0.05, 0.1) is 0 Å². The fourth-order valence-corrected chi connectivity index (χ4v) is 4.08. The Balaban J connectivity index is 0.00000256. The minimum Gasteiger partial charge on any atom is -0.339 e. The SMILES string of the molecule is Cl.NCc1ccc(C(=O)N2CCC(C(=O)N(Cc3ccccc3)C3CC3)CC2)cc1. The third-order valence-corrected chi connectivity index (χ3v) is 6.03. The number of hydrogen-bond donors (Lipinski definition) is 1. The third kappa shape index (κ3) is 5.21. The quantitative estimate of drug-likeness (QED) is 0.765. The molecule has 4 rings (SSSR count). The molecule has 1 aliphatic heterocycles. The molecule has 2 aromatic carbocycles. The molecule has 6 heteroatoms. The van der Waals surface area contributed by atoms with Gasteiger partial charge in [0.2, 0.25) is 5.91 Å². The summed E-state index contributed by atoms with van der Waals surface area (Å²) in [5.74, 6) is 0.321. The van der Waals surface area contributed by atoms with Crippen LogP contribution in [-0.2, 0) is 17.9 Å². The molecule has 5 nitrogen and oxygen atoms in total. The number of amides is 2. The lowest BCUT2D eigenvalue weighted by atomic mass is 9.94. The van der Waals surface area contributed by atoms with E-state index in [0.717, 1.165) is 31.2 Å². The molecule has 2 fully saturated rings. The van der Waals surface area contributed by atoms with Crippen LogP contribution in [0.5, 0.6) is 0 Å². The average Bonchev–Trinajstić information content (AvgIpc) is 3.63. The van der Waals surface area contributed by atoms with Crippen LogP contribution in [0.15, 0.2) is 54.6 Å². The van der Waals surface area contributed by atoms with Crippen molar-refractivity contribution in [3.8, 4) is 0 Å². The van der Waals surface area contributed by atoms with Crippen molar-refractivity contribution in [1.82, 2.24) is 9.80 Å². The second-order valence-electron chi connectivity index (χ2n) is 8.15. The second kappa shape index (κ2) is 10.1. The molecule has 30 heavy (non-hydrogen) atoms. The first-order valence-corrected chi connectivity index (χ1v) is 10.6. The van der Waals surface area contributed by atoms with Crippen molar-refractivity contribution in [2.75, 3.05) is 13.1 Å². The van der Waals surface area contributed by atoms with Gasteiger partial charge < -0.3 is 15.5 Å². The van der Waals surface area contributed by atoms with Crippen LogP contribution in [0.4, 0.5) is 0 Å². The first-order valence-electron chi connectivity index (χ1n) is 10.6. The zero-order valence-electron chi connectivity index (χ0n) is 17.2. The van der Waals surface area contributed by atoms with Crippen LogP contribution in [0.1, 0.15) is 47.2 Å². The highest BCUT2D eigenvalue weighted by molar-refractivity contribution is 5.94. The van der Waals surface area contributed by atoms with E-state index >= 15 is 0 Å². The highest BCUT2D eigenvalue weighted by Gasteiger charge is 2.37. The second-order valence-corrected chi connectivity index (χ2v) is 8.15. The Bertz CT molecular complexity index is 845. The minimum absolute atomic E-state index is 0. The summed E-state index contributed by atoms with van der Waals surface area (Å²) in [6, 6.07) is 18.1. The number of benzene rings is 2. The van der Waals surface area contributed by atoms with E-state index in [1.54, 1.807) is 0 Å². The van der Waals surface area contributed by atoms with Crippen molar-refractivity contribution in [3.05, 3.63) is 71.3 Å². The van der Waals surface area contributed by atoms with Crippen LogP contribution in [0.3, 0.4) is 0 Å². The minimum atomic E-state index is 0. The molecule has 160 valence electrons. The number of piperidine rings is 1. The molecule has 1 heterocycles. The van der Waals surface area contributed by atoms with Crippen molar-refractivity contribution >= 4 is 24.2 Å². The summed E-state index contributed by atoms with van der Waals surface area (Å²) in [6.07, 6.45) is 3.69. The molecule has 2 aliphatic rings. The lowest BCUT2D eigenvalue weighted by Crippen LogP contribution is -2.44. The average molecular weight is 428 g/mol. The van der Waals surface area contributed by atoms with Gasteiger partial charge in [-0.2, -0.15) is 0 Å². The first kappa shape index (κ1) is 22.3. The molecule has 1 saturated carbocycles. The topological polar surface area (TPSA) is 66.6 Å². The number of likely N-dealkylation sites (tertiary alicyclic amines) is 1. The molecule has 1 saturated heterocycles. The fraction of sp³-hybridized carbons (Fsp3) is 0.417. The zero-order valence-corrected chi connectivity index (χ0v) is 18.0. The van der Waals surface area contributed by atoms with E-state index in [4.69, 9.17) is 5.73 Å². The number of rotatable bonds is 6. The van der Waals surface area contributed by atoms with Gasteiger partial charge >= 0.3 is 0 Å². The van der Waals surface area contributed by atoms with E-state index in [9.17, 15) is 9.59 Å². The first-order chi connectivity index (χ1) is 14.2. The summed E-state index contributed by atoms with van der Waals surface area (Å²) in [7, 11) is 0. The van der Waals surface area contributed by atoms with Gasteiger partial charge in [0.15, 0.2) is 0 Å². The molecule has 1 aliphatic carbocycles. The Morgan fingerprint density at radius 2 is 1.53 bits per heavy atom. The number of carbonyl (C=O) groups excluding carboxylic acids is 2. The van der Waals surface area contributed by atoms with Crippen LogP contribution in [0.25, 0.3) is 0 Å². The van der Waals surface area contributed by atoms with E-state index < -0.39 is 0 Å². The van der Waals surface area contributed by atoms with E-state index in [1.165, 1.54) is 5.56 Å². The van der Waals surface area contributed by atoms with E-state index in [1.807, 2.05) is 47.4 Å². The van der Waals surface area contributed by atoms with Crippen molar-refractivity contribution in [3.63, 3.8) is 0 Å². The molecule has 0 spiro atoms. The van der Waals surface area contributed by atoms with E-state index in [0.29, 0.717) is 37.8 Å². The van der Waals surface area contributed by atoms with Gasteiger partial charge in [0.25, 0.3) is 5.91 Å². The molecule has 0 unspecified atom stereocenters. The third-order valence-electron chi connectivity index (χ3n) is 6.03. The number of nitrogens with two attached hydrogens (primary N) is 1. The smallest absolute Gasteiger partial charge is 0.253 e. The lowest BCUT2D eigenvalue weighted by molar-refractivity contribution is -0.138. The molecule has 2 N–H and O–H groups in total. The molecule has 0 atom stereocenters. The van der Waals surface area contributed by atoms with Crippen LogP contribution >= 0.6 is 12.4 Å². The summed E-state index contributed by atoms with van der Waals surface area (Å²) >= 11 is 0. The number of nitrogens with zero attached hydrogens (tertiary/aromatic N) is 2. The van der Waals surface area contributed by atoms with E-state index in [2.05, 4.69) is 17.0 Å². The maximum absolute atomic E-state index is 13.2. The van der Waals surface area contributed by atoms with Gasteiger partial charge in [-0.1, -0.05) is 42.5 Å². The predicted molar refractivity (Wildman–Crippen MR) is 120 cm³/mol. The van der Waals surface area contributed by atoms with Crippen LogP contribution < -0.4 is 5.73 Å². The maximum Gasteiger partial charge on any atom is 0.253 e. The molecule has 2 amide bonds. The molecule has 0 radical (unpaired) electrons. The number of halogens is 1. The molecule has 0 bridgehead atoms. The summed E-state index contributed by atoms with van der Waals surface area (Å²) in [5, 5.41) is 0. The van der Waals surface area contributed by atoms with Gasteiger partial charge in [-0.05, 0) is 48.9 Å². The zero-order chi connectivity index (χ0) is 20.2. The molecular weight excluding hydrogens is 398 g/mol. The standard InChI is InChI=1S/C24H29N3O2.ClH/c25-16-18-6-8-20(9-7-18)23(28)26-14-12-21(13-15-26)24(29)27(22-10-11-22)17-19-4-2-1-3-5-19;/h1-9,21-22H,10-17,25H2;1H. The fourth-order valence-electron chi connectivity index (χ4n) is 4.08. The number of hydrogen-bond acceptors (Lipinski definition) is 3. The highest BCUT2D eigenvalue weighted by Crippen LogP contribution is 2.32. The summed E-state index contributed by atoms with van der Waals surface area (Å²) in [6.45, 7) is 2.44. The summed E-state index contributed by atoms with van der Waals surface area (Å²) in [4.78, 5) is 29.9. The number of carbonyl (C=O) groups is 2. The predicted octanol–water partition coefficient (Wildman–Crippen LogP) is 3.61. The van der Waals surface area contributed by atoms with Gasteiger partial charge in [0.1, 0.15) is 0 Å². The maximum atomic E-state index is 13.2. The van der Waals surface area contributed by atoms with Gasteiger partial charge in [0, 0.05) is 43.7 Å². The van der Waals surface area contributed by atoms with Crippen LogP contribution in [0, 0.1) is 5.92 Å². The largest absolute Gasteiger partial charge is 0.339 e. The van der Waals surface area contributed by atoms with Crippen molar-refractivity contribution in [2.45, 2.75) is 44.8 Å². The van der Waals surface area contributed by atoms with Crippen molar-refractivity contribution < 1.29 is 9.59 Å². The Kier molecular flexibility index (Phi) is 7.51. The monoisotopic (exact) mass is 427 g/mol. The van der Waals surface area contributed by atoms with Crippen molar-refractivity contribution in [1.29, 1.82) is 0 Å². The lowest BCUT2D eigenvalue weighted by Gasteiger charge is -2.34.